The van der Waals surface area contributed by atoms with E-state index in [9.17, 15) is 0 Å². The van der Waals surface area contributed by atoms with E-state index < -0.39 is 8.07 Å². The highest BCUT2D eigenvalue weighted by Gasteiger charge is 2.33. The van der Waals surface area contributed by atoms with Crippen molar-refractivity contribution in [2.75, 3.05) is 0 Å². The highest BCUT2D eigenvalue weighted by molar-refractivity contribution is 6.91. The average Bonchev–Trinajstić information content (AvgIpc) is 3.07. The summed E-state index contributed by atoms with van der Waals surface area (Å²) < 4.78 is 0. The maximum atomic E-state index is 2.55. The van der Waals surface area contributed by atoms with Gasteiger partial charge in [-0.25, -0.2) is 0 Å². The van der Waals surface area contributed by atoms with E-state index in [1.807, 2.05) is 0 Å². The molecule has 0 aliphatic rings. The number of hydrogen-bond acceptors (Lipinski definition) is 0. The van der Waals surface area contributed by atoms with Crippen LogP contribution in [0.25, 0.3) is 0 Å². The largest absolute Gasteiger partial charge is 0.0867 e. The first-order valence-electron chi connectivity index (χ1n) is 21.3. The summed E-state index contributed by atoms with van der Waals surface area (Å²) in [7, 11) is -1.45. The van der Waals surface area contributed by atoms with Gasteiger partial charge in [0.05, 0.1) is 8.07 Å². The fourth-order valence-corrected chi connectivity index (χ4v) is 13.1. The van der Waals surface area contributed by atoms with Crippen LogP contribution in [0.2, 0.25) is 18.1 Å². The molecule has 0 N–H and O–H groups in total. The van der Waals surface area contributed by atoms with E-state index in [0.29, 0.717) is 0 Å². The molecular formula is C44H84Si. The van der Waals surface area contributed by atoms with Crippen molar-refractivity contribution in [1.82, 2.24) is 0 Å². The van der Waals surface area contributed by atoms with Crippen molar-refractivity contribution in [1.29, 1.82) is 0 Å². The van der Waals surface area contributed by atoms with Crippen molar-refractivity contribution in [3.63, 3.8) is 0 Å². The molecule has 0 aromatic heterocycles. The van der Waals surface area contributed by atoms with Crippen LogP contribution in [0.1, 0.15) is 226 Å². The van der Waals surface area contributed by atoms with Crippen LogP contribution < -0.4 is 5.19 Å². The maximum absolute atomic E-state index is 2.55. The molecule has 0 saturated carbocycles. The standard InChI is InChI=1S/C44H84Si/c1-4-7-10-13-16-19-21-23-25-28-31-37-42-45(44-39-34-33-35-40-44,41-36-30-27-18-15-12-9-6-3)43-38-32-29-26-24-22-20-17-14-11-8-5-2/h33-35,39-40H,4-32,36-38,41-43H2,1-3H3. The van der Waals surface area contributed by atoms with Gasteiger partial charge in [0, 0.05) is 0 Å². The molecule has 0 spiro atoms. The van der Waals surface area contributed by atoms with Gasteiger partial charge in [-0.2, -0.15) is 0 Å². The molecule has 0 bridgehead atoms. The zero-order valence-corrected chi connectivity index (χ0v) is 32.6. The van der Waals surface area contributed by atoms with Crippen LogP contribution in [0.3, 0.4) is 0 Å². The van der Waals surface area contributed by atoms with E-state index in [4.69, 9.17) is 0 Å². The highest BCUT2D eigenvalue weighted by Crippen LogP contribution is 2.30. The molecule has 45 heavy (non-hydrogen) atoms. The number of unbranched alkanes of at least 4 members (excludes halogenated alkanes) is 29. The fraction of sp³-hybridized carbons (Fsp3) is 0.864. The number of benzene rings is 1. The summed E-state index contributed by atoms with van der Waals surface area (Å²) in [6.45, 7) is 6.98. The summed E-state index contributed by atoms with van der Waals surface area (Å²) in [4.78, 5) is 0. The van der Waals surface area contributed by atoms with Gasteiger partial charge in [0.2, 0.25) is 0 Å². The van der Waals surface area contributed by atoms with Crippen LogP contribution >= 0.6 is 0 Å². The Morgan fingerprint density at radius 1 is 0.289 bits per heavy atom. The van der Waals surface area contributed by atoms with Crippen LogP contribution in [0, 0.1) is 0 Å². The Morgan fingerprint density at radius 2 is 0.511 bits per heavy atom. The normalized spacial score (nSPS) is 11.9. The van der Waals surface area contributed by atoms with E-state index in [0.717, 1.165) is 0 Å². The highest BCUT2D eigenvalue weighted by atomic mass is 28.3. The molecule has 0 unspecified atom stereocenters. The zero-order chi connectivity index (χ0) is 32.4. The quantitative estimate of drug-likeness (QED) is 0.0505. The van der Waals surface area contributed by atoms with Crippen molar-refractivity contribution in [2.24, 2.45) is 0 Å². The molecule has 0 amide bonds. The van der Waals surface area contributed by atoms with Crippen molar-refractivity contribution in [3.8, 4) is 0 Å². The molecule has 0 fully saturated rings. The Kier molecular flexibility index (Phi) is 31.5. The van der Waals surface area contributed by atoms with Crippen molar-refractivity contribution in [2.45, 2.75) is 244 Å². The Morgan fingerprint density at radius 3 is 0.756 bits per heavy atom. The van der Waals surface area contributed by atoms with Gasteiger partial charge < -0.3 is 0 Å². The number of rotatable bonds is 36. The predicted octanol–water partition coefficient (Wildman–Crippen LogP) is 15.9. The molecule has 0 saturated heterocycles. The third-order valence-corrected chi connectivity index (χ3v) is 16.4. The van der Waals surface area contributed by atoms with Crippen molar-refractivity contribution in [3.05, 3.63) is 30.3 Å². The Bertz CT molecular complexity index is 653. The molecule has 0 heterocycles. The lowest BCUT2D eigenvalue weighted by molar-refractivity contribution is 0.545. The predicted molar refractivity (Wildman–Crippen MR) is 211 cm³/mol. The van der Waals surface area contributed by atoms with Gasteiger partial charge in [0.15, 0.2) is 0 Å². The monoisotopic (exact) mass is 641 g/mol. The molecule has 1 rings (SSSR count). The third kappa shape index (κ3) is 25.2. The second kappa shape index (κ2) is 33.3. The van der Waals surface area contributed by atoms with Crippen LogP contribution in [-0.2, 0) is 0 Å². The lowest BCUT2D eigenvalue weighted by atomic mass is 10.1. The maximum Gasteiger partial charge on any atom is 0.0867 e. The van der Waals surface area contributed by atoms with Gasteiger partial charge in [0.1, 0.15) is 0 Å². The molecular weight excluding hydrogens is 557 g/mol. The zero-order valence-electron chi connectivity index (χ0n) is 31.6. The SMILES string of the molecule is CCCCCCCCCCCCCC[Si](CCCCCCCCCC)(CCCCCCCCCCCCCC)c1ccccc1. The lowest BCUT2D eigenvalue weighted by Crippen LogP contribution is -2.47. The van der Waals surface area contributed by atoms with E-state index in [1.54, 1.807) is 23.3 Å². The van der Waals surface area contributed by atoms with E-state index in [2.05, 4.69) is 51.1 Å². The summed E-state index contributed by atoms with van der Waals surface area (Å²) in [5.74, 6) is 0. The van der Waals surface area contributed by atoms with Crippen molar-refractivity contribution < 1.29 is 0 Å². The van der Waals surface area contributed by atoms with Gasteiger partial charge in [0.25, 0.3) is 0 Å². The molecule has 0 nitrogen and oxygen atoms in total. The first kappa shape index (κ1) is 42.5. The summed E-state index contributed by atoms with van der Waals surface area (Å²) in [6, 6.07) is 16.8. The summed E-state index contributed by atoms with van der Waals surface area (Å²) in [5, 5.41) is 1.80. The Labute approximate surface area is 287 Å². The molecule has 1 heteroatoms. The van der Waals surface area contributed by atoms with Crippen molar-refractivity contribution >= 4 is 13.3 Å². The van der Waals surface area contributed by atoms with Gasteiger partial charge in [-0.1, -0.05) is 280 Å². The molecule has 0 aliphatic carbocycles. The molecule has 264 valence electrons. The average molecular weight is 641 g/mol. The molecule has 0 radical (unpaired) electrons. The van der Waals surface area contributed by atoms with Crippen LogP contribution in [0.5, 0.6) is 0 Å². The summed E-state index contributed by atoms with van der Waals surface area (Å²) in [6.07, 6.45) is 46.8. The van der Waals surface area contributed by atoms with Gasteiger partial charge in [-0.05, 0) is 0 Å². The molecule has 1 aromatic rings. The number of hydrogen-bond donors (Lipinski definition) is 0. The Balaban J connectivity index is 2.51. The summed E-state index contributed by atoms with van der Waals surface area (Å²) in [5.41, 5.74) is 0. The summed E-state index contributed by atoms with van der Waals surface area (Å²) >= 11 is 0. The van der Waals surface area contributed by atoms with Gasteiger partial charge >= 0.3 is 0 Å². The topological polar surface area (TPSA) is 0 Å². The van der Waals surface area contributed by atoms with Crippen LogP contribution in [0.15, 0.2) is 30.3 Å². The van der Waals surface area contributed by atoms with Crippen LogP contribution in [-0.4, -0.2) is 8.07 Å². The van der Waals surface area contributed by atoms with E-state index >= 15 is 0 Å². The first-order valence-corrected chi connectivity index (χ1v) is 24.0. The minimum atomic E-state index is -1.45. The lowest BCUT2D eigenvalue weighted by Gasteiger charge is -2.33. The smallest absolute Gasteiger partial charge is 0.0654 e. The molecule has 0 aliphatic heterocycles. The Hall–Kier alpha value is -0.563. The second-order valence-electron chi connectivity index (χ2n) is 15.1. The van der Waals surface area contributed by atoms with E-state index in [1.165, 1.54) is 205 Å². The van der Waals surface area contributed by atoms with Gasteiger partial charge in [-0.15, -0.1) is 0 Å². The second-order valence-corrected chi connectivity index (χ2v) is 19.8. The third-order valence-electron chi connectivity index (χ3n) is 10.9. The molecule has 0 atom stereocenters. The van der Waals surface area contributed by atoms with E-state index in [-0.39, 0.29) is 0 Å². The minimum absolute atomic E-state index is 1.36. The first-order chi connectivity index (χ1) is 22.3. The fourth-order valence-electron chi connectivity index (χ4n) is 7.81. The molecule has 1 aromatic carbocycles. The van der Waals surface area contributed by atoms with Gasteiger partial charge in [-0.3, -0.25) is 0 Å². The van der Waals surface area contributed by atoms with Crippen LogP contribution in [0.4, 0.5) is 0 Å². The minimum Gasteiger partial charge on any atom is -0.0654 e.